The van der Waals surface area contributed by atoms with E-state index in [4.69, 9.17) is 16.3 Å². The van der Waals surface area contributed by atoms with E-state index in [0.717, 1.165) is 22.4 Å². The molecule has 102 valence electrons. The van der Waals surface area contributed by atoms with Gasteiger partial charge >= 0.3 is 0 Å². The molecule has 1 nitrogen and oxygen atoms in total. The molecule has 0 unspecified atom stereocenters. The summed E-state index contributed by atoms with van der Waals surface area (Å²) in [6, 6.07) is 12.2. The van der Waals surface area contributed by atoms with Crippen LogP contribution in [0.2, 0.25) is 0 Å². The lowest BCUT2D eigenvalue weighted by molar-refractivity contribution is 0.305. The lowest BCUT2D eigenvalue weighted by atomic mass is 10.1. The van der Waals surface area contributed by atoms with Crippen LogP contribution in [-0.2, 0) is 6.61 Å². The highest BCUT2D eigenvalue weighted by molar-refractivity contribution is 6.19. The molecule has 0 atom stereocenters. The van der Waals surface area contributed by atoms with Gasteiger partial charge in [0, 0.05) is 5.56 Å². The Kier molecular flexibility index (Phi) is 5.03. The smallest absolute Gasteiger partial charge is 0.123 e. The number of alkyl halides is 1. The van der Waals surface area contributed by atoms with Crippen molar-refractivity contribution in [1.82, 2.24) is 0 Å². The van der Waals surface area contributed by atoms with Gasteiger partial charge in [-0.25, -0.2) is 4.39 Å². The Morgan fingerprint density at radius 1 is 1.20 bits per heavy atom. The Morgan fingerprint density at radius 2 is 2.05 bits per heavy atom. The van der Waals surface area contributed by atoms with Crippen molar-refractivity contribution >= 4 is 11.6 Å². The van der Waals surface area contributed by atoms with Crippen molar-refractivity contribution in [3.8, 4) is 17.6 Å². The predicted octanol–water partition coefficient (Wildman–Crippen LogP) is 4.30. The summed E-state index contributed by atoms with van der Waals surface area (Å²) in [7, 11) is 0. The first-order valence-electron chi connectivity index (χ1n) is 6.22. The van der Waals surface area contributed by atoms with Gasteiger partial charge in [0.1, 0.15) is 18.2 Å². The van der Waals surface area contributed by atoms with Crippen molar-refractivity contribution in [3.05, 3.63) is 65.0 Å². The van der Waals surface area contributed by atoms with Crippen LogP contribution < -0.4 is 4.74 Å². The molecule has 0 aliphatic rings. The molecular formula is C17H14ClFO. The second-order valence-electron chi connectivity index (χ2n) is 4.32. The van der Waals surface area contributed by atoms with E-state index in [2.05, 4.69) is 11.8 Å². The largest absolute Gasteiger partial charge is 0.489 e. The Bertz CT molecular complexity index is 656. The maximum atomic E-state index is 13.0. The normalized spacial score (nSPS) is 9.75. The Labute approximate surface area is 123 Å². The quantitative estimate of drug-likeness (QED) is 0.604. The molecule has 0 saturated heterocycles. The van der Waals surface area contributed by atoms with E-state index in [-0.39, 0.29) is 5.82 Å². The van der Waals surface area contributed by atoms with Crippen molar-refractivity contribution in [2.45, 2.75) is 13.5 Å². The van der Waals surface area contributed by atoms with Gasteiger partial charge in [-0.2, -0.15) is 0 Å². The van der Waals surface area contributed by atoms with Gasteiger partial charge in [-0.1, -0.05) is 24.0 Å². The molecule has 0 fully saturated rings. The third-order valence-electron chi connectivity index (χ3n) is 2.83. The van der Waals surface area contributed by atoms with Crippen LogP contribution in [0.5, 0.6) is 5.75 Å². The van der Waals surface area contributed by atoms with E-state index in [1.54, 1.807) is 6.07 Å². The standard InChI is InChI=1S/C17H14ClFO/c1-13-10-16(19)8-7-15(13)12-20-17-6-2-4-14(11-17)5-3-9-18/h2,4,6-8,10-11H,9,12H2,1H3. The van der Waals surface area contributed by atoms with Gasteiger partial charge in [-0.3, -0.25) is 0 Å². The van der Waals surface area contributed by atoms with Crippen molar-refractivity contribution < 1.29 is 9.13 Å². The average molecular weight is 289 g/mol. The lowest BCUT2D eigenvalue weighted by Gasteiger charge is -2.09. The van der Waals surface area contributed by atoms with Crippen LogP contribution in [0.25, 0.3) is 0 Å². The van der Waals surface area contributed by atoms with Gasteiger partial charge in [-0.05, 0) is 48.4 Å². The monoisotopic (exact) mass is 288 g/mol. The summed E-state index contributed by atoms with van der Waals surface area (Å²) < 4.78 is 18.7. The van der Waals surface area contributed by atoms with Crippen LogP contribution >= 0.6 is 11.6 Å². The fourth-order valence-corrected chi connectivity index (χ4v) is 1.85. The van der Waals surface area contributed by atoms with Crippen LogP contribution in [-0.4, -0.2) is 5.88 Å². The number of hydrogen-bond acceptors (Lipinski definition) is 1. The zero-order valence-corrected chi connectivity index (χ0v) is 11.9. The highest BCUT2D eigenvalue weighted by Crippen LogP contribution is 2.17. The fraction of sp³-hybridized carbons (Fsp3) is 0.176. The number of benzene rings is 2. The molecule has 0 spiro atoms. The van der Waals surface area contributed by atoms with Crippen molar-refractivity contribution in [2.75, 3.05) is 5.88 Å². The zero-order valence-electron chi connectivity index (χ0n) is 11.1. The summed E-state index contributed by atoms with van der Waals surface area (Å²) in [4.78, 5) is 0. The van der Waals surface area contributed by atoms with Crippen LogP contribution in [0.3, 0.4) is 0 Å². The van der Waals surface area contributed by atoms with Crippen LogP contribution in [0.4, 0.5) is 4.39 Å². The van der Waals surface area contributed by atoms with Gasteiger partial charge in [0.2, 0.25) is 0 Å². The summed E-state index contributed by atoms with van der Waals surface area (Å²) in [5.74, 6) is 6.54. The number of aryl methyl sites for hydroxylation is 1. The highest BCUT2D eigenvalue weighted by Gasteiger charge is 2.02. The second-order valence-corrected chi connectivity index (χ2v) is 4.59. The lowest BCUT2D eigenvalue weighted by Crippen LogP contribution is -1.98. The fourth-order valence-electron chi connectivity index (χ4n) is 1.78. The van der Waals surface area contributed by atoms with Gasteiger partial charge in [-0.15, -0.1) is 11.6 Å². The van der Waals surface area contributed by atoms with E-state index in [0.29, 0.717) is 12.5 Å². The molecule has 0 bridgehead atoms. The molecule has 2 rings (SSSR count). The summed E-state index contributed by atoms with van der Waals surface area (Å²) in [6.07, 6.45) is 0. The summed E-state index contributed by atoms with van der Waals surface area (Å²) >= 11 is 5.53. The molecule has 0 heterocycles. The summed E-state index contributed by atoms with van der Waals surface area (Å²) in [5.41, 5.74) is 2.70. The first-order chi connectivity index (χ1) is 9.69. The van der Waals surface area contributed by atoms with Gasteiger partial charge in [0.25, 0.3) is 0 Å². The van der Waals surface area contributed by atoms with Crippen LogP contribution in [0, 0.1) is 24.6 Å². The number of hydrogen-bond donors (Lipinski definition) is 0. The first kappa shape index (κ1) is 14.4. The second kappa shape index (κ2) is 6.98. The number of halogens is 2. The SMILES string of the molecule is Cc1cc(F)ccc1COc1cccc(C#CCCl)c1. The summed E-state index contributed by atoms with van der Waals surface area (Å²) in [5, 5.41) is 0. The molecule has 2 aromatic carbocycles. The van der Waals surface area contributed by atoms with Gasteiger partial charge < -0.3 is 4.74 Å². The number of rotatable bonds is 3. The highest BCUT2D eigenvalue weighted by atomic mass is 35.5. The molecule has 3 heteroatoms. The predicted molar refractivity (Wildman–Crippen MR) is 79.5 cm³/mol. The van der Waals surface area contributed by atoms with Crippen LogP contribution in [0.15, 0.2) is 42.5 Å². The molecule has 0 aliphatic heterocycles. The first-order valence-corrected chi connectivity index (χ1v) is 6.75. The molecule has 2 aromatic rings. The minimum absolute atomic E-state index is 0.232. The average Bonchev–Trinajstić information content (AvgIpc) is 2.45. The molecule has 0 radical (unpaired) electrons. The van der Waals surface area contributed by atoms with E-state index >= 15 is 0 Å². The van der Waals surface area contributed by atoms with Crippen molar-refractivity contribution in [1.29, 1.82) is 0 Å². The third kappa shape index (κ3) is 4.01. The minimum Gasteiger partial charge on any atom is -0.489 e. The molecular weight excluding hydrogens is 275 g/mol. The molecule has 0 aliphatic carbocycles. The Balaban J connectivity index is 2.07. The zero-order chi connectivity index (χ0) is 14.4. The minimum atomic E-state index is -0.232. The molecule has 20 heavy (non-hydrogen) atoms. The molecule has 0 aromatic heterocycles. The molecule has 0 amide bonds. The number of ether oxygens (including phenoxy) is 1. The van der Waals surface area contributed by atoms with E-state index in [1.807, 2.05) is 31.2 Å². The van der Waals surface area contributed by atoms with Gasteiger partial charge in [0.05, 0.1) is 5.88 Å². The maximum absolute atomic E-state index is 13.0. The molecule has 0 saturated carbocycles. The summed E-state index contributed by atoms with van der Waals surface area (Å²) in [6.45, 7) is 2.27. The molecule has 0 N–H and O–H groups in total. The van der Waals surface area contributed by atoms with Crippen molar-refractivity contribution in [3.63, 3.8) is 0 Å². The topological polar surface area (TPSA) is 9.23 Å². The van der Waals surface area contributed by atoms with E-state index in [1.165, 1.54) is 12.1 Å². The van der Waals surface area contributed by atoms with E-state index in [9.17, 15) is 4.39 Å². The maximum Gasteiger partial charge on any atom is 0.123 e. The Hall–Kier alpha value is -1.98. The van der Waals surface area contributed by atoms with Gasteiger partial charge in [0.15, 0.2) is 0 Å². The van der Waals surface area contributed by atoms with E-state index < -0.39 is 0 Å². The van der Waals surface area contributed by atoms with Crippen LogP contribution in [0.1, 0.15) is 16.7 Å². The third-order valence-corrected chi connectivity index (χ3v) is 2.97. The van der Waals surface area contributed by atoms with Crippen molar-refractivity contribution in [2.24, 2.45) is 0 Å². The Morgan fingerprint density at radius 3 is 2.80 bits per heavy atom.